The molecule has 2 aliphatic rings. The van der Waals surface area contributed by atoms with Gasteiger partial charge in [-0.25, -0.2) is 8.42 Å². The normalized spacial score (nSPS) is 29.0. The molecule has 22 heavy (non-hydrogen) atoms. The third-order valence-corrected chi connectivity index (χ3v) is 7.43. The first-order chi connectivity index (χ1) is 10.3. The zero-order chi connectivity index (χ0) is 16.2. The predicted octanol–water partition coefficient (Wildman–Crippen LogP) is 1.49. The van der Waals surface area contributed by atoms with Crippen molar-refractivity contribution in [2.24, 2.45) is 11.8 Å². The van der Waals surface area contributed by atoms with Gasteiger partial charge < -0.3 is 10.6 Å². The van der Waals surface area contributed by atoms with Crippen molar-refractivity contribution in [2.75, 3.05) is 25.9 Å². The van der Waals surface area contributed by atoms with Crippen LogP contribution in [-0.4, -0.2) is 45.0 Å². The molecular weight excluding hydrogens is 300 g/mol. The summed E-state index contributed by atoms with van der Waals surface area (Å²) in [5.41, 5.74) is 0. The quantitative estimate of drug-likeness (QED) is 0.801. The lowest BCUT2D eigenvalue weighted by atomic mass is 9.81. The molecule has 128 valence electrons. The van der Waals surface area contributed by atoms with E-state index in [1.165, 1.54) is 31.9 Å². The first-order valence-electron chi connectivity index (χ1n) is 8.54. The lowest BCUT2D eigenvalue weighted by Crippen LogP contribution is -2.57. The third kappa shape index (κ3) is 4.02. The lowest BCUT2D eigenvalue weighted by Gasteiger charge is -2.34. The monoisotopic (exact) mass is 330 g/mol. The topological polar surface area (TPSA) is 75.3 Å². The van der Waals surface area contributed by atoms with Crippen molar-refractivity contribution in [2.45, 2.75) is 56.6 Å². The number of rotatable bonds is 5. The SMILES string of the molecule is CC1CCCC(CCNC(=O)C2(S(C)(=O)=O)CCNCC2)C1. The summed E-state index contributed by atoms with van der Waals surface area (Å²) in [6.07, 6.45) is 7.97. The van der Waals surface area contributed by atoms with Crippen molar-refractivity contribution in [1.82, 2.24) is 10.6 Å². The van der Waals surface area contributed by atoms with Gasteiger partial charge in [0, 0.05) is 12.8 Å². The number of carbonyl (C=O) groups excluding carboxylic acids is 1. The Morgan fingerprint density at radius 2 is 1.95 bits per heavy atom. The number of amides is 1. The van der Waals surface area contributed by atoms with Crippen molar-refractivity contribution >= 4 is 15.7 Å². The van der Waals surface area contributed by atoms with Gasteiger partial charge in [0.1, 0.15) is 0 Å². The molecule has 1 aliphatic carbocycles. The van der Waals surface area contributed by atoms with E-state index < -0.39 is 14.6 Å². The Bertz CT molecular complexity index is 484. The van der Waals surface area contributed by atoms with Gasteiger partial charge in [-0.3, -0.25) is 4.79 Å². The van der Waals surface area contributed by atoms with Crippen molar-refractivity contribution in [3.63, 3.8) is 0 Å². The predicted molar refractivity (Wildman–Crippen MR) is 88.4 cm³/mol. The van der Waals surface area contributed by atoms with Crippen molar-refractivity contribution in [3.05, 3.63) is 0 Å². The minimum absolute atomic E-state index is 0.291. The first-order valence-corrected chi connectivity index (χ1v) is 10.4. The molecule has 1 saturated carbocycles. The maximum Gasteiger partial charge on any atom is 0.241 e. The van der Waals surface area contributed by atoms with Crippen LogP contribution in [0.25, 0.3) is 0 Å². The summed E-state index contributed by atoms with van der Waals surface area (Å²) in [6, 6.07) is 0. The van der Waals surface area contributed by atoms with Crippen LogP contribution in [0.15, 0.2) is 0 Å². The van der Waals surface area contributed by atoms with Crippen molar-refractivity contribution in [3.8, 4) is 0 Å². The Morgan fingerprint density at radius 1 is 1.27 bits per heavy atom. The summed E-state index contributed by atoms with van der Waals surface area (Å²) in [5, 5.41) is 6.05. The van der Waals surface area contributed by atoms with E-state index in [-0.39, 0.29) is 5.91 Å². The molecule has 1 heterocycles. The molecule has 5 nitrogen and oxygen atoms in total. The summed E-state index contributed by atoms with van der Waals surface area (Å²) in [5.74, 6) is 1.16. The minimum atomic E-state index is -3.40. The second-order valence-corrected chi connectivity index (χ2v) is 9.52. The maximum absolute atomic E-state index is 12.6. The molecule has 6 heteroatoms. The van der Waals surface area contributed by atoms with Gasteiger partial charge >= 0.3 is 0 Å². The van der Waals surface area contributed by atoms with E-state index >= 15 is 0 Å². The van der Waals surface area contributed by atoms with Crippen LogP contribution >= 0.6 is 0 Å². The van der Waals surface area contributed by atoms with E-state index in [0.29, 0.717) is 38.4 Å². The highest BCUT2D eigenvalue weighted by Crippen LogP contribution is 2.31. The second kappa shape index (κ2) is 7.30. The van der Waals surface area contributed by atoms with Gasteiger partial charge in [-0.2, -0.15) is 0 Å². The minimum Gasteiger partial charge on any atom is -0.355 e. The van der Waals surface area contributed by atoms with Crippen molar-refractivity contribution < 1.29 is 13.2 Å². The number of nitrogens with one attached hydrogen (secondary N) is 2. The van der Waals surface area contributed by atoms with Gasteiger partial charge in [-0.1, -0.05) is 26.2 Å². The van der Waals surface area contributed by atoms with Gasteiger partial charge in [-0.05, 0) is 50.6 Å². The standard InChI is InChI=1S/C16H30N2O3S/c1-13-4-3-5-14(12-13)6-9-18-15(19)16(22(2,20)21)7-10-17-11-8-16/h13-14,17H,3-12H2,1-2H3,(H,18,19). The molecule has 2 rings (SSSR count). The van der Waals surface area contributed by atoms with Gasteiger partial charge in [0.25, 0.3) is 0 Å². The number of hydrogen-bond acceptors (Lipinski definition) is 4. The molecule has 2 fully saturated rings. The summed E-state index contributed by atoms with van der Waals surface area (Å²) in [7, 11) is -3.40. The van der Waals surface area contributed by atoms with Crippen LogP contribution in [0.4, 0.5) is 0 Å². The average molecular weight is 330 g/mol. The molecule has 0 radical (unpaired) electrons. The third-order valence-electron chi connectivity index (χ3n) is 5.42. The number of sulfone groups is 1. The number of hydrogen-bond donors (Lipinski definition) is 2. The highest BCUT2D eigenvalue weighted by atomic mass is 32.2. The summed E-state index contributed by atoms with van der Waals surface area (Å²) in [6.45, 7) is 4.06. The van der Waals surface area contributed by atoms with Crippen LogP contribution in [-0.2, 0) is 14.6 Å². The molecule has 0 spiro atoms. The highest BCUT2D eigenvalue weighted by Gasteiger charge is 2.48. The Kier molecular flexibility index (Phi) is 5.88. The van der Waals surface area contributed by atoms with E-state index in [4.69, 9.17) is 0 Å². The van der Waals surface area contributed by atoms with E-state index in [0.717, 1.165) is 12.3 Å². The Morgan fingerprint density at radius 3 is 2.55 bits per heavy atom. The molecular formula is C16H30N2O3S. The molecule has 2 atom stereocenters. The zero-order valence-corrected chi connectivity index (χ0v) is 14.7. The van der Waals surface area contributed by atoms with E-state index in [1.807, 2.05) is 0 Å². The summed E-state index contributed by atoms with van der Waals surface area (Å²) < 4.78 is 23.1. The molecule has 1 amide bonds. The van der Waals surface area contributed by atoms with Crippen LogP contribution in [0.3, 0.4) is 0 Å². The van der Waals surface area contributed by atoms with Crippen LogP contribution in [0, 0.1) is 11.8 Å². The van der Waals surface area contributed by atoms with Crippen LogP contribution in [0.5, 0.6) is 0 Å². The maximum atomic E-state index is 12.6. The van der Waals surface area contributed by atoms with E-state index in [2.05, 4.69) is 17.6 Å². The molecule has 1 saturated heterocycles. The first kappa shape index (κ1) is 17.7. The second-order valence-electron chi connectivity index (χ2n) is 7.20. The summed E-state index contributed by atoms with van der Waals surface area (Å²) >= 11 is 0. The average Bonchev–Trinajstić information content (AvgIpc) is 2.47. The van der Waals surface area contributed by atoms with Crippen LogP contribution in [0.1, 0.15) is 51.9 Å². The fourth-order valence-electron chi connectivity index (χ4n) is 3.97. The fraction of sp³-hybridized carbons (Fsp3) is 0.938. The van der Waals surface area contributed by atoms with Gasteiger partial charge in [0.2, 0.25) is 5.91 Å². The fourth-order valence-corrected chi connectivity index (χ4v) is 5.32. The van der Waals surface area contributed by atoms with Gasteiger partial charge in [-0.15, -0.1) is 0 Å². The van der Waals surface area contributed by atoms with E-state index in [1.54, 1.807) is 0 Å². The van der Waals surface area contributed by atoms with Gasteiger partial charge in [0.15, 0.2) is 14.6 Å². The Balaban J connectivity index is 1.89. The molecule has 0 aromatic rings. The van der Waals surface area contributed by atoms with E-state index in [9.17, 15) is 13.2 Å². The number of carbonyl (C=O) groups is 1. The smallest absolute Gasteiger partial charge is 0.241 e. The highest BCUT2D eigenvalue weighted by molar-refractivity contribution is 7.92. The van der Waals surface area contributed by atoms with Crippen LogP contribution in [0.2, 0.25) is 0 Å². The van der Waals surface area contributed by atoms with Crippen molar-refractivity contribution in [1.29, 1.82) is 0 Å². The lowest BCUT2D eigenvalue weighted by molar-refractivity contribution is -0.124. The molecule has 0 bridgehead atoms. The largest absolute Gasteiger partial charge is 0.355 e. The molecule has 0 aromatic heterocycles. The zero-order valence-electron chi connectivity index (χ0n) is 13.9. The number of piperidine rings is 1. The molecule has 2 unspecified atom stereocenters. The van der Waals surface area contributed by atoms with Gasteiger partial charge in [0.05, 0.1) is 0 Å². The summed E-state index contributed by atoms with van der Waals surface area (Å²) in [4.78, 5) is 12.6. The molecule has 0 aromatic carbocycles. The molecule has 2 N–H and O–H groups in total. The van der Waals surface area contributed by atoms with Crippen LogP contribution < -0.4 is 10.6 Å². The Labute approximate surface area is 134 Å². The Hall–Kier alpha value is -0.620. The molecule has 1 aliphatic heterocycles.